The lowest BCUT2D eigenvalue weighted by Crippen LogP contribution is -2.42. The molecule has 5 nitrogen and oxygen atoms in total. The van der Waals surface area contributed by atoms with E-state index >= 15 is 0 Å². The second-order valence-corrected chi connectivity index (χ2v) is 9.16. The van der Waals surface area contributed by atoms with Crippen LogP contribution in [0.5, 0.6) is 0 Å². The first-order valence-electron chi connectivity index (χ1n) is 11.0. The molecular formula is C27H21Cl2N3O2. The number of aromatic nitrogens is 1. The summed E-state index contributed by atoms with van der Waals surface area (Å²) in [6.45, 7) is 0. The minimum Gasteiger partial charge on any atom is -0.507 e. The largest absolute Gasteiger partial charge is 0.507 e. The Hall–Kier alpha value is -3.41. The third-order valence-corrected chi connectivity index (χ3v) is 6.70. The van der Waals surface area contributed by atoms with Crippen LogP contribution in [0.4, 0.5) is 5.69 Å². The number of carbonyl (C=O) groups is 1. The Bertz CT molecular complexity index is 1350. The molecule has 1 unspecified atom stereocenters. The third kappa shape index (κ3) is 3.91. The van der Waals surface area contributed by atoms with Crippen molar-refractivity contribution in [3.63, 3.8) is 0 Å². The van der Waals surface area contributed by atoms with Crippen LogP contribution in [0, 0.1) is 5.41 Å². The van der Waals surface area contributed by atoms with E-state index in [4.69, 9.17) is 23.2 Å². The fourth-order valence-electron chi connectivity index (χ4n) is 4.74. The molecule has 0 amide bonds. The van der Waals surface area contributed by atoms with Gasteiger partial charge in [-0.25, -0.2) is 0 Å². The topological polar surface area (TPSA) is 77.3 Å². The molecule has 0 saturated carbocycles. The average Bonchev–Trinajstić information content (AvgIpc) is 2.84. The summed E-state index contributed by atoms with van der Waals surface area (Å²) in [6.07, 6.45) is 5.11. The maximum absolute atomic E-state index is 13.4. The Balaban J connectivity index is 1.82. The average molecular weight is 490 g/mol. The Labute approximate surface area is 207 Å². The van der Waals surface area contributed by atoms with E-state index in [-0.39, 0.29) is 17.4 Å². The number of aliphatic hydroxyl groups excluding tert-OH is 1. The molecule has 0 saturated heterocycles. The maximum Gasteiger partial charge on any atom is 0.161 e. The highest BCUT2D eigenvalue weighted by Gasteiger charge is 2.43. The van der Waals surface area contributed by atoms with Gasteiger partial charge < -0.3 is 5.11 Å². The highest BCUT2D eigenvalue weighted by Crippen LogP contribution is 2.47. The number of hydrogen-bond acceptors (Lipinski definition) is 4. The molecular weight excluding hydrogens is 469 g/mol. The van der Waals surface area contributed by atoms with Crippen LogP contribution in [0.3, 0.4) is 0 Å². The number of nitrogens with one attached hydrogen (secondary N) is 1. The summed E-state index contributed by atoms with van der Waals surface area (Å²) in [5, 5.41) is 21.9. The molecule has 3 aromatic rings. The smallest absolute Gasteiger partial charge is 0.161 e. The lowest BCUT2D eigenvalue weighted by Gasteiger charge is -2.41. The van der Waals surface area contributed by atoms with E-state index in [0.717, 1.165) is 11.3 Å². The molecule has 0 spiro atoms. The van der Waals surface area contributed by atoms with Gasteiger partial charge in [0.05, 0.1) is 0 Å². The van der Waals surface area contributed by atoms with Crippen LogP contribution >= 0.6 is 23.2 Å². The number of Topliss-reactive ketones (excluding diaryl/α,β-unsaturated/α-hetero) is 1. The van der Waals surface area contributed by atoms with Crippen molar-refractivity contribution in [3.05, 3.63) is 111 Å². The number of rotatable bonds is 3. The van der Waals surface area contributed by atoms with Crippen molar-refractivity contribution in [1.29, 1.82) is 5.41 Å². The lowest BCUT2D eigenvalue weighted by molar-refractivity contribution is -0.116. The molecule has 2 aromatic carbocycles. The van der Waals surface area contributed by atoms with Crippen LogP contribution in [0.15, 0.2) is 89.9 Å². The van der Waals surface area contributed by atoms with Crippen molar-refractivity contribution in [3.8, 4) is 0 Å². The molecule has 2 N–H and O–H groups in total. The number of pyridine rings is 1. The molecule has 2 heterocycles. The number of allylic oxidation sites excluding steroid dienone is 2. The van der Waals surface area contributed by atoms with Gasteiger partial charge in [-0.3, -0.25) is 20.1 Å². The first-order valence-corrected chi connectivity index (χ1v) is 11.7. The van der Waals surface area contributed by atoms with Gasteiger partial charge in [-0.15, -0.1) is 0 Å². The molecule has 1 atom stereocenters. The zero-order valence-electron chi connectivity index (χ0n) is 18.1. The highest BCUT2D eigenvalue weighted by molar-refractivity contribution is 6.31. The summed E-state index contributed by atoms with van der Waals surface area (Å²) < 4.78 is 0. The molecule has 170 valence electrons. The van der Waals surface area contributed by atoms with Gasteiger partial charge in [-0.1, -0.05) is 35.3 Å². The van der Waals surface area contributed by atoms with E-state index in [1.54, 1.807) is 59.8 Å². The second kappa shape index (κ2) is 9.09. The number of nitrogens with zero attached hydrogens (tertiary/aromatic N) is 2. The minimum atomic E-state index is -0.616. The normalized spacial score (nSPS) is 19.8. The second-order valence-electron chi connectivity index (χ2n) is 8.29. The molecule has 0 bridgehead atoms. The number of benzene rings is 2. The summed E-state index contributed by atoms with van der Waals surface area (Å²) in [7, 11) is 0. The summed E-state index contributed by atoms with van der Waals surface area (Å²) in [4.78, 5) is 19.4. The fourth-order valence-corrected chi connectivity index (χ4v) is 5.05. The SMILES string of the molecule is N=C1/C(=C(/O)c2ccc(Cl)cc2)C(c2cccnc2)C2=C(CCCC2=O)N1c1cccc(Cl)c1. The minimum absolute atomic E-state index is 0.0102. The van der Waals surface area contributed by atoms with E-state index < -0.39 is 5.92 Å². The van der Waals surface area contributed by atoms with Gasteiger partial charge in [0.25, 0.3) is 0 Å². The predicted molar refractivity (Wildman–Crippen MR) is 136 cm³/mol. The van der Waals surface area contributed by atoms with Crippen LogP contribution in [-0.4, -0.2) is 21.7 Å². The van der Waals surface area contributed by atoms with E-state index in [1.165, 1.54) is 0 Å². The molecule has 1 aliphatic carbocycles. The first-order chi connectivity index (χ1) is 16.5. The number of ketones is 1. The molecule has 2 aliphatic rings. The van der Waals surface area contributed by atoms with Gasteiger partial charge >= 0.3 is 0 Å². The predicted octanol–water partition coefficient (Wildman–Crippen LogP) is 6.95. The summed E-state index contributed by atoms with van der Waals surface area (Å²) in [5.74, 6) is -0.587. The number of carbonyl (C=O) groups excluding carboxylic acids is 1. The molecule has 7 heteroatoms. The third-order valence-electron chi connectivity index (χ3n) is 6.21. The Kier molecular flexibility index (Phi) is 5.98. The van der Waals surface area contributed by atoms with Gasteiger partial charge in [0.2, 0.25) is 0 Å². The van der Waals surface area contributed by atoms with Crippen molar-refractivity contribution >= 4 is 46.3 Å². The number of halogens is 2. The van der Waals surface area contributed by atoms with Crippen LogP contribution in [0.1, 0.15) is 36.3 Å². The van der Waals surface area contributed by atoms with Crippen molar-refractivity contribution in [2.45, 2.75) is 25.2 Å². The van der Waals surface area contributed by atoms with Gasteiger partial charge in [0.1, 0.15) is 11.6 Å². The quantitative estimate of drug-likeness (QED) is 0.390. The number of hydrogen-bond donors (Lipinski definition) is 2. The first kappa shape index (κ1) is 22.4. The standard InChI is InChI=1S/C27H21Cl2N3O2/c28-18-11-9-16(10-12-18)26(34)25-23(17-4-3-13-31-15-17)24-21(7-2-8-22(24)33)32(27(25)30)20-6-1-5-19(29)14-20/h1,3-6,9-15,23,30,34H,2,7-8H2/b26-25+,30-27?. The summed E-state index contributed by atoms with van der Waals surface area (Å²) in [6, 6.07) is 17.6. The van der Waals surface area contributed by atoms with Crippen LogP contribution in [0.25, 0.3) is 5.76 Å². The van der Waals surface area contributed by atoms with E-state index in [1.807, 2.05) is 18.2 Å². The maximum atomic E-state index is 13.4. The van der Waals surface area contributed by atoms with Crippen LogP contribution < -0.4 is 4.90 Å². The van der Waals surface area contributed by atoms with E-state index in [2.05, 4.69) is 4.98 Å². The zero-order valence-corrected chi connectivity index (χ0v) is 19.6. The van der Waals surface area contributed by atoms with Gasteiger partial charge in [0, 0.05) is 62.9 Å². The van der Waals surface area contributed by atoms with Crippen molar-refractivity contribution < 1.29 is 9.90 Å². The van der Waals surface area contributed by atoms with E-state index in [9.17, 15) is 15.3 Å². The Morgan fingerprint density at radius 1 is 1.03 bits per heavy atom. The Morgan fingerprint density at radius 2 is 1.82 bits per heavy atom. The van der Waals surface area contributed by atoms with Crippen molar-refractivity contribution in [2.24, 2.45) is 0 Å². The molecule has 1 aromatic heterocycles. The molecule has 34 heavy (non-hydrogen) atoms. The van der Waals surface area contributed by atoms with Crippen LogP contribution in [-0.2, 0) is 4.79 Å². The van der Waals surface area contributed by atoms with Crippen molar-refractivity contribution in [2.75, 3.05) is 4.90 Å². The number of anilines is 1. The fraction of sp³-hybridized carbons (Fsp3) is 0.148. The molecule has 0 radical (unpaired) electrons. The van der Waals surface area contributed by atoms with Gasteiger partial charge in [-0.2, -0.15) is 0 Å². The molecule has 0 fully saturated rings. The zero-order chi connectivity index (χ0) is 23.8. The van der Waals surface area contributed by atoms with E-state index in [0.29, 0.717) is 51.7 Å². The Morgan fingerprint density at radius 3 is 2.53 bits per heavy atom. The monoisotopic (exact) mass is 489 g/mol. The molecule has 1 aliphatic heterocycles. The van der Waals surface area contributed by atoms with Gasteiger partial charge in [0.15, 0.2) is 5.78 Å². The van der Waals surface area contributed by atoms with Crippen LogP contribution in [0.2, 0.25) is 10.0 Å². The number of amidine groups is 1. The summed E-state index contributed by atoms with van der Waals surface area (Å²) >= 11 is 12.4. The summed E-state index contributed by atoms with van der Waals surface area (Å²) in [5.41, 5.74) is 3.62. The molecule has 5 rings (SSSR count). The lowest BCUT2D eigenvalue weighted by atomic mass is 9.74. The highest BCUT2D eigenvalue weighted by atomic mass is 35.5. The van der Waals surface area contributed by atoms with Crippen molar-refractivity contribution in [1.82, 2.24) is 4.98 Å². The number of aliphatic hydroxyl groups is 1. The van der Waals surface area contributed by atoms with Gasteiger partial charge in [-0.05, 0) is 66.9 Å².